The van der Waals surface area contributed by atoms with Gasteiger partial charge in [-0.1, -0.05) is 17.7 Å². The van der Waals surface area contributed by atoms with Crippen molar-refractivity contribution in [2.45, 2.75) is 31.1 Å². The van der Waals surface area contributed by atoms with E-state index in [4.69, 9.17) is 27.9 Å². The second-order valence-corrected chi connectivity index (χ2v) is 7.07. The number of hydrogen-bond donors (Lipinski definition) is 0. The minimum absolute atomic E-state index is 0.131. The third-order valence-corrected chi connectivity index (χ3v) is 5.95. The first-order chi connectivity index (χ1) is 9.69. The molecule has 1 aliphatic rings. The van der Waals surface area contributed by atoms with Crippen LogP contribution in [-0.2, 0) is 12.8 Å². The van der Waals surface area contributed by atoms with Gasteiger partial charge in [0.25, 0.3) is 0 Å². The molecule has 0 saturated heterocycles. The Morgan fingerprint density at radius 2 is 2.00 bits per heavy atom. The normalized spacial score (nSPS) is 15.8. The van der Waals surface area contributed by atoms with Gasteiger partial charge < -0.3 is 4.74 Å². The quantitative estimate of drug-likeness (QED) is 0.665. The number of thiophene rings is 1. The lowest BCUT2D eigenvalue weighted by atomic mass is 9.98. The molecule has 1 aromatic carbocycles. The summed E-state index contributed by atoms with van der Waals surface area (Å²) >= 11 is 14.7. The molecule has 0 amide bonds. The van der Waals surface area contributed by atoms with Crippen molar-refractivity contribution in [3.8, 4) is 5.75 Å². The third-order valence-electron chi connectivity index (χ3n) is 3.73. The number of alkyl halides is 1. The first kappa shape index (κ1) is 14.2. The molecule has 0 spiro atoms. The second kappa shape index (κ2) is 5.97. The molecule has 1 aromatic heterocycles. The highest BCUT2D eigenvalue weighted by molar-refractivity contribution is 7.12. The number of halogens is 2. The second-order valence-electron chi connectivity index (χ2n) is 5.06. The van der Waals surface area contributed by atoms with E-state index in [1.54, 1.807) is 7.11 Å². The van der Waals surface area contributed by atoms with Crippen LogP contribution < -0.4 is 4.74 Å². The van der Waals surface area contributed by atoms with Gasteiger partial charge in [0.05, 0.1) is 17.5 Å². The molecule has 3 rings (SSSR count). The summed E-state index contributed by atoms with van der Waals surface area (Å²) in [5, 5.41) is 0.478. The number of rotatable bonds is 3. The standard InChI is InChI=1S/C16H16Cl2OS/c1-19-13-7-6-11(8-12(13)17)16(18)15-9-10-4-2-3-5-14(10)20-15/h6-9,16H,2-5H2,1H3. The molecule has 106 valence electrons. The van der Waals surface area contributed by atoms with Crippen molar-refractivity contribution in [3.05, 3.63) is 50.2 Å². The molecule has 4 heteroatoms. The highest BCUT2D eigenvalue weighted by atomic mass is 35.5. The highest BCUT2D eigenvalue weighted by Gasteiger charge is 2.19. The molecular weight excluding hydrogens is 311 g/mol. The molecule has 1 unspecified atom stereocenters. The fourth-order valence-corrected chi connectivity index (χ4v) is 4.51. The van der Waals surface area contributed by atoms with Gasteiger partial charge in [-0.05, 0) is 55.0 Å². The number of methoxy groups -OCH3 is 1. The number of aryl methyl sites for hydroxylation is 2. The number of benzene rings is 1. The van der Waals surface area contributed by atoms with E-state index < -0.39 is 0 Å². The van der Waals surface area contributed by atoms with Gasteiger partial charge in [-0.2, -0.15) is 0 Å². The predicted octanol–water partition coefficient (Wildman–Crippen LogP) is 5.62. The number of ether oxygens (including phenoxy) is 1. The zero-order valence-electron chi connectivity index (χ0n) is 11.3. The molecule has 0 aliphatic heterocycles. The topological polar surface area (TPSA) is 9.23 Å². The summed E-state index contributed by atoms with van der Waals surface area (Å²) < 4.78 is 5.18. The Kier molecular flexibility index (Phi) is 4.25. The SMILES string of the molecule is COc1ccc(C(Cl)c2cc3c(s2)CCCC3)cc1Cl. The van der Waals surface area contributed by atoms with E-state index in [2.05, 4.69) is 6.07 Å². The lowest BCUT2D eigenvalue weighted by Gasteiger charge is -2.10. The van der Waals surface area contributed by atoms with Crippen LogP contribution in [0.3, 0.4) is 0 Å². The Hall–Kier alpha value is -0.700. The lowest BCUT2D eigenvalue weighted by molar-refractivity contribution is 0.415. The molecule has 0 saturated carbocycles. The van der Waals surface area contributed by atoms with Gasteiger partial charge in [0, 0.05) is 9.75 Å². The van der Waals surface area contributed by atoms with Gasteiger partial charge in [-0.15, -0.1) is 22.9 Å². The van der Waals surface area contributed by atoms with E-state index in [1.165, 1.54) is 41.0 Å². The zero-order valence-corrected chi connectivity index (χ0v) is 13.6. The Bertz CT molecular complexity index is 597. The molecule has 1 atom stereocenters. The maximum atomic E-state index is 6.63. The lowest BCUT2D eigenvalue weighted by Crippen LogP contribution is -1.96. The van der Waals surface area contributed by atoms with E-state index in [0.717, 1.165) is 5.56 Å². The summed E-state index contributed by atoms with van der Waals surface area (Å²) in [7, 11) is 1.62. The zero-order chi connectivity index (χ0) is 14.1. The first-order valence-corrected chi connectivity index (χ1v) is 8.41. The largest absolute Gasteiger partial charge is 0.495 e. The third kappa shape index (κ3) is 2.69. The van der Waals surface area contributed by atoms with Crippen LogP contribution in [0.5, 0.6) is 5.75 Å². The maximum Gasteiger partial charge on any atom is 0.137 e. The van der Waals surface area contributed by atoms with Crippen molar-refractivity contribution in [1.29, 1.82) is 0 Å². The summed E-state index contributed by atoms with van der Waals surface area (Å²) in [6.07, 6.45) is 4.99. The summed E-state index contributed by atoms with van der Waals surface area (Å²) in [6, 6.07) is 8.04. The minimum atomic E-state index is -0.131. The van der Waals surface area contributed by atoms with Crippen molar-refractivity contribution in [1.82, 2.24) is 0 Å². The van der Waals surface area contributed by atoms with Gasteiger partial charge in [0.2, 0.25) is 0 Å². The van der Waals surface area contributed by atoms with E-state index in [9.17, 15) is 0 Å². The molecule has 1 aliphatic carbocycles. The van der Waals surface area contributed by atoms with Crippen LogP contribution in [0.2, 0.25) is 5.02 Å². The van der Waals surface area contributed by atoms with Gasteiger partial charge in [-0.3, -0.25) is 0 Å². The molecule has 0 radical (unpaired) electrons. The Balaban J connectivity index is 1.90. The molecule has 2 aromatic rings. The van der Waals surface area contributed by atoms with E-state index in [1.807, 2.05) is 29.5 Å². The van der Waals surface area contributed by atoms with Crippen LogP contribution in [0.4, 0.5) is 0 Å². The number of fused-ring (bicyclic) bond motifs is 1. The average Bonchev–Trinajstić information content (AvgIpc) is 2.90. The Morgan fingerprint density at radius 1 is 1.20 bits per heavy atom. The van der Waals surface area contributed by atoms with Gasteiger partial charge in [0.1, 0.15) is 5.75 Å². The van der Waals surface area contributed by atoms with Crippen molar-refractivity contribution in [3.63, 3.8) is 0 Å². The van der Waals surface area contributed by atoms with Gasteiger partial charge in [0.15, 0.2) is 0 Å². The van der Waals surface area contributed by atoms with Crippen LogP contribution in [0.15, 0.2) is 24.3 Å². The highest BCUT2D eigenvalue weighted by Crippen LogP contribution is 2.40. The Morgan fingerprint density at radius 3 is 2.70 bits per heavy atom. The summed E-state index contributed by atoms with van der Waals surface area (Å²) in [5.74, 6) is 0.685. The molecular formula is C16H16Cl2OS. The average molecular weight is 327 g/mol. The summed E-state index contributed by atoms with van der Waals surface area (Å²) in [4.78, 5) is 2.73. The molecule has 0 N–H and O–H groups in total. The van der Waals surface area contributed by atoms with E-state index in [-0.39, 0.29) is 5.38 Å². The van der Waals surface area contributed by atoms with Crippen molar-refractivity contribution >= 4 is 34.5 Å². The first-order valence-electron chi connectivity index (χ1n) is 6.78. The van der Waals surface area contributed by atoms with Crippen molar-refractivity contribution in [2.24, 2.45) is 0 Å². The fraction of sp³-hybridized carbons (Fsp3) is 0.375. The number of hydrogen-bond acceptors (Lipinski definition) is 2. The molecule has 0 bridgehead atoms. The molecule has 0 fully saturated rings. The maximum absolute atomic E-state index is 6.63. The molecule has 1 nitrogen and oxygen atoms in total. The van der Waals surface area contributed by atoms with Crippen LogP contribution >= 0.6 is 34.5 Å². The van der Waals surface area contributed by atoms with Gasteiger partial charge >= 0.3 is 0 Å². The molecule has 1 heterocycles. The van der Waals surface area contributed by atoms with E-state index in [0.29, 0.717) is 10.8 Å². The predicted molar refractivity (Wildman–Crippen MR) is 86.7 cm³/mol. The Labute approximate surface area is 133 Å². The minimum Gasteiger partial charge on any atom is -0.495 e. The van der Waals surface area contributed by atoms with Gasteiger partial charge in [-0.25, -0.2) is 0 Å². The molecule has 20 heavy (non-hydrogen) atoms. The summed E-state index contributed by atoms with van der Waals surface area (Å²) in [6.45, 7) is 0. The van der Waals surface area contributed by atoms with Crippen LogP contribution in [0, 0.1) is 0 Å². The summed E-state index contributed by atoms with van der Waals surface area (Å²) in [5.41, 5.74) is 2.51. The van der Waals surface area contributed by atoms with Crippen molar-refractivity contribution in [2.75, 3.05) is 7.11 Å². The van der Waals surface area contributed by atoms with Crippen LogP contribution in [0.1, 0.15) is 39.1 Å². The van der Waals surface area contributed by atoms with Crippen LogP contribution in [0.25, 0.3) is 0 Å². The van der Waals surface area contributed by atoms with Crippen molar-refractivity contribution < 1.29 is 4.74 Å². The van der Waals surface area contributed by atoms with E-state index >= 15 is 0 Å². The van der Waals surface area contributed by atoms with Crippen LogP contribution in [-0.4, -0.2) is 7.11 Å². The smallest absolute Gasteiger partial charge is 0.137 e. The fourth-order valence-electron chi connectivity index (χ4n) is 2.64. The monoisotopic (exact) mass is 326 g/mol.